The monoisotopic (exact) mass is 289 g/mol. The van der Waals surface area contributed by atoms with Gasteiger partial charge in [0, 0.05) is 6.07 Å². The first-order valence-electron chi connectivity index (χ1n) is 6.28. The zero-order chi connectivity index (χ0) is 15.2. The van der Waals surface area contributed by atoms with Crippen molar-refractivity contribution in [2.75, 3.05) is 7.11 Å². The maximum absolute atomic E-state index is 11.0. The summed E-state index contributed by atoms with van der Waals surface area (Å²) in [5.41, 5.74) is 1.30. The highest BCUT2D eigenvalue weighted by Crippen LogP contribution is 2.29. The van der Waals surface area contributed by atoms with Gasteiger partial charge in [-0.1, -0.05) is 12.1 Å². The smallest absolute Gasteiger partial charge is 0.310 e. The van der Waals surface area contributed by atoms with Crippen LogP contribution in [0.4, 0.5) is 5.69 Å². The Morgan fingerprint density at radius 3 is 2.38 bits per heavy atom. The van der Waals surface area contributed by atoms with Crippen LogP contribution in [-0.2, 0) is 13.2 Å². The number of aliphatic hydroxyl groups is 1. The first kappa shape index (κ1) is 14.8. The van der Waals surface area contributed by atoms with Crippen molar-refractivity contribution >= 4 is 5.69 Å². The Hall–Kier alpha value is -2.60. The highest BCUT2D eigenvalue weighted by molar-refractivity contribution is 5.48. The molecule has 0 fully saturated rings. The van der Waals surface area contributed by atoms with Gasteiger partial charge in [0.15, 0.2) is 5.75 Å². The van der Waals surface area contributed by atoms with E-state index in [0.717, 1.165) is 11.3 Å². The lowest BCUT2D eigenvalue weighted by Crippen LogP contribution is -2.00. The minimum Gasteiger partial charge on any atom is -0.497 e. The van der Waals surface area contributed by atoms with Crippen molar-refractivity contribution < 1.29 is 19.5 Å². The van der Waals surface area contributed by atoms with E-state index in [-0.39, 0.29) is 24.7 Å². The van der Waals surface area contributed by atoms with Crippen LogP contribution in [0.1, 0.15) is 11.1 Å². The fourth-order valence-electron chi connectivity index (χ4n) is 1.81. The van der Waals surface area contributed by atoms with Crippen LogP contribution in [0.25, 0.3) is 0 Å². The number of methoxy groups -OCH3 is 1. The molecule has 21 heavy (non-hydrogen) atoms. The molecule has 0 aromatic heterocycles. The number of benzene rings is 2. The van der Waals surface area contributed by atoms with Crippen LogP contribution in [0.5, 0.6) is 11.5 Å². The molecular weight excluding hydrogens is 274 g/mol. The molecule has 0 bridgehead atoms. The number of ether oxygens (including phenoxy) is 2. The van der Waals surface area contributed by atoms with E-state index in [1.807, 2.05) is 12.1 Å². The van der Waals surface area contributed by atoms with Crippen LogP contribution in [0.15, 0.2) is 42.5 Å². The average Bonchev–Trinajstić information content (AvgIpc) is 2.52. The molecule has 0 spiro atoms. The predicted molar refractivity (Wildman–Crippen MR) is 76.3 cm³/mol. The molecule has 0 amide bonds. The number of nitro groups is 1. The highest BCUT2D eigenvalue weighted by atomic mass is 16.6. The van der Waals surface area contributed by atoms with Gasteiger partial charge in [-0.05, 0) is 35.4 Å². The van der Waals surface area contributed by atoms with Gasteiger partial charge in [-0.3, -0.25) is 10.1 Å². The van der Waals surface area contributed by atoms with Gasteiger partial charge in [0.2, 0.25) is 0 Å². The maximum Gasteiger partial charge on any atom is 0.310 e. The van der Waals surface area contributed by atoms with E-state index in [0.29, 0.717) is 5.56 Å². The van der Waals surface area contributed by atoms with E-state index < -0.39 is 4.92 Å². The van der Waals surface area contributed by atoms with E-state index in [9.17, 15) is 10.1 Å². The molecule has 2 rings (SSSR count). The molecule has 0 unspecified atom stereocenters. The number of rotatable bonds is 6. The normalized spacial score (nSPS) is 10.2. The predicted octanol–water partition coefficient (Wildman–Crippen LogP) is 2.67. The van der Waals surface area contributed by atoms with Crippen LogP contribution in [0, 0.1) is 10.1 Å². The lowest BCUT2D eigenvalue weighted by Gasteiger charge is -2.08. The Kier molecular flexibility index (Phi) is 4.73. The number of nitrogens with zero attached hydrogens (tertiary/aromatic N) is 1. The summed E-state index contributed by atoms with van der Waals surface area (Å²) in [7, 11) is 1.58. The van der Waals surface area contributed by atoms with Crippen LogP contribution >= 0.6 is 0 Å². The van der Waals surface area contributed by atoms with Gasteiger partial charge in [0.1, 0.15) is 12.4 Å². The second kappa shape index (κ2) is 6.71. The average molecular weight is 289 g/mol. The SMILES string of the molecule is COc1ccc(COc2cc(CO)ccc2[N+](=O)[O-])cc1. The Bertz CT molecular complexity index is 624. The van der Waals surface area contributed by atoms with Crippen LogP contribution in [-0.4, -0.2) is 17.1 Å². The summed E-state index contributed by atoms with van der Waals surface area (Å²) in [5, 5.41) is 20.1. The molecular formula is C15H15NO5. The third kappa shape index (κ3) is 3.70. The summed E-state index contributed by atoms with van der Waals surface area (Å²) in [6.07, 6.45) is 0. The van der Waals surface area contributed by atoms with Gasteiger partial charge in [-0.25, -0.2) is 0 Å². The summed E-state index contributed by atoms with van der Waals surface area (Å²) in [6, 6.07) is 11.5. The van der Waals surface area contributed by atoms with Gasteiger partial charge >= 0.3 is 5.69 Å². The number of aliphatic hydroxyl groups excluding tert-OH is 1. The van der Waals surface area contributed by atoms with Crippen LogP contribution in [0.3, 0.4) is 0 Å². The molecule has 2 aromatic carbocycles. The molecule has 0 saturated carbocycles. The van der Waals surface area contributed by atoms with Crippen molar-refractivity contribution in [2.45, 2.75) is 13.2 Å². The summed E-state index contributed by atoms with van der Waals surface area (Å²) >= 11 is 0. The number of hydrogen-bond donors (Lipinski definition) is 1. The quantitative estimate of drug-likeness (QED) is 0.653. The molecule has 0 heterocycles. The lowest BCUT2D eigenvalue weighted by molar-refractivity contribution is -0.386. The zero-order valence-electron chi connectivity index (χ0n) is 11.5. The largest absolute Gasteiger partial charge is 0.497 e. The van der Waals surface area contributed by atoms with Gasteiger partial charge in [0.05, 0.1) is 18.6 Å². The number of hydrogen-bond acceptors (Lipinski definition) is 5. The van der Waals surface area contributed by atoms with Crippen molar-refractivity contribution in [3.8, 4) is 11.5 Å². The molecule has 110 valence electrons. The second-order valence-electron chi connectivity index (χ2n) is 4.35. The first-order valence-corrected chi connectivity index (χ1v) is 6.28. The fourth-order valence-corrected chi connectivity index (χ4v) is 1.81. The van der Waals surface area contributed by atoms with Crippen molar-refractivity contribution in [3.63, 3.8) is 0 Å². The van der Waals surface area contributed by atoms with Crippen LogP contribution in [0.2, 0.25) is 0 Å². The summed E-state index contributed by atoms with van der Waals surface area (Å²) in [4.78, 5) is 10.5. The standard InChI is InChI=1S/C15H15NO5/c1-20-13-5-2-11(3-6-13)10-21-15-8-12(9-17)4-7-14(15)16(18)19/h2-8,17H,9-10H2,1H3. The van der Waals surface area contributed by atoms with E-state index in [4.69, 9.17) is 14.6 Å². The van der Waals surface area contributed by atoms with Gasteiger partial charge < -0.3 is 14.6 Å². The van der Waals surface area contributed by atoms with Crippen LogP contribution < -0.4 is 9.47 Å². The van der Waals surface area contributed by atoms with Gasteiger partial charge in [0.25, 0.3) is 0 Å². The van der Waals surface area contributed by atoms with Crippen molar-refractivity contribution in [2.24, 2.45) is 0 Å². The molecule has 0 atom stereocenters. The summed E-state index contributed by atoms with van der Waals surface area (Å²) in [6.45, 7) is -0.00337. The minimum atomic E-state index is -0.509. The Morgan fingerprint density at radius 1 is 1.14 bits per heavy atom. The Labute approximate surface area is 121 Å². The highest BCUT2D eigenvalue weighted by Gasteiger charge is 2.15. The Morgan fingerprint density at radius 2 is 1.81 bits per heavy atom. The minimum absolute atomic E-state index is 0.124. The Balaban J connectivity index is 2.15. The summed E-state index contributed by atoms with van der Waals surface area (Å²) < 4.78 is 10.6. The molecule has 0 radical (unpaired) electrons. The van der Waals surface area contributed by atoms with Crippen molar-refractivity contribution in [3.05, 3.63) is 63.7 Å². The molecule has 0 aliphatic heterocycles. The maximum atomic E-state index is 11.0. The third-order valence-electron chi connectivity index (χ3n) is 2.96. The van der Waals surface area contributed by atoms with Crippen molar-refractivity contribution in [1.29, 1.82) is 0 Å². The second-order valence-corrected chi connectivity index (χ2v) is 4.35. The first-order chi connectivity index (χ1) is 10.1. The molecule has 0 aliphatic carbocycles. The zero-order valence-corrected chi connectivity index (χ0v) is 11.5. The van der Waals surface area contributed by atoms with E-state index in [1.54, 1.807) is 19.2 Å². The third-order valence-corrected chi connectivity index (χ3v) is 2.96. The molecule has 0 saturated heterocycles. The molecule has 2 aromatic rings. The van der Waals surface area contributed by atoms with Gasteiger partial charge in [-0.2, -0.15) is 0 Å². The summed E-state index contributed by atoms with van der Waals surface area (Å²) in [5.74, 6) is 0.870. The fraction of sp³-hybridized carbons (Fsp3) is 0.200. The molecule has 6 nitrogen and oxygen atoms in total. The van der Waals surface area contributed by atoms with Gasteiger partial charge in [-0.15, -0.1) is 0 Å². The molecule has 0 aliphatic rings. The van der Waals surface area contributed by atoms with E-state index >= 15 is 0 Å². The number of nitro benzene ring substituents is 1. The van der Waals surface area contributed by atoms with E-state index in [1.165, 1.54) is 18.2 Å². The molecule has 1 N–H and O–H groups in total. The molecule has 6 heteroatoms. The van der Waals surface area contributed by atoms with Crippen molar-refractivity contribution in [1.82, 2.24) is 0 Å². The topological polar surface area (TPSA) is 81.8 Å². The van der Waals surface area contributed by atoms with E-state index in [2.05, 4.69) is 0 Å². The lowest BCUT2D eigenvalue weighted by atomic mass is 10.2.